The number of halogens is 2. The number of sulfonamides is 1. The summed E-state index contributed by atoms with van der Waals surface area (Å²) in [5, 5.41) is 0.624. The van der Waals surface area contributed by atoms with Gasteiger partial charge in [-0.3, -0.25) is 9.36 Å². The van der Waals surface area contributed by atoms with E-state index >= 15 is 0 Å². The molecule has 152 valence electrons. The maximum Gasteiger partial charge on any atom is 0.261 e. The van der Waals surface area contributed by atoms with Crippen LogP contribution in [0.4, 0.5) is 4.39 Å². The Bertz CT molecular complexity index is 1250. The van der Waals surface area contributed by atoms with E-state index in [2.05, 4.69) is 4.98 Å². The molecule has 4 rings (SSSR count). The van der Waals surface area contributed by atoms with Crippen molar-refractivity contribution in [2.45, 2.75) is 30.7 Å². The van der Waals surface area contributed by atoms with Crippen LogP contribution < -0.4 is 5.56 Å². The number of benzene rings is 2. The first-order chi connectivity index (χ1) is 13.8. The van der Waals surface area contributed by atoms with E-state index in [0.29, 0.717) is 23.4 Å². The Morgan fingerprint density at radius 2 is 1.86 bits per heavy atom. The Kier molecular flexibility index (Phi) is 5.18. The summed E-state index contributed by atoms with van der Waals surface area (Å²) in [5.74, 6) is -0.494. The maximum absolute atomic E-state index is 13.5. The average Bonchev–Trinajstić information content (AvgIpc) is 2.71. The van der Waals surface area contributed by atoms with E-state index in [4.69, 9.17) is 11.6 Å². The first kappa shape index (κ1) is 20.0. The molecular weight excluding hydrogens is 417 g/mol. The standard InChI is InChI=1S/C20H19ClFN3O3S/c1-13-2-4-16(11-18(13)21)29(27,28)24-8-6-15(7-9-24)25-12-23-19-5-3-14(22)10-17(19)20(25)26/h2-5,10-12,15H,6-9H2,1H3. The van der Waals surface area contributed by atoms with Gasteiger partial charge in [0.2, 0.25) is 10.0 Å². The molecular formula is C20H19ClFN3O3S. The number of rotatable bonds is 3. The lowest BCUT2D eigenvalue weighted by atomic mass is 10.1. The third kappa shape index (κ3) is 3.68. The largest absolute Gasteiger partial charge is 0.296 e. The molecule has 1 aliphatic rings. The molecule has 6 nitrogen and oxygen atoms in total. The molecule has 0 saturated carbocycles. The van der Waals surface area contributed by atoms with Gasteiger partial charge in [-0.2, -0.15) is 4.31 Å². The molecule has 0 unspecified atom stereocenters. The number of hydrogen-bond donors (Lipinski definition) is 0. The number of aromatic nitrogens is 2. The molecule has 1 aliphatic heterocycles. The van der Waals surface area contributed by atoms with Crippen molar-refractivity contribution in [3.05, 3.63) is 69.5 Å². The van der Waals surface area contributed by atoms with E-state index in [1.54, 1.807) is 12.1 Å². The van der Waals surface area contributed by atoms with Crippen LogP contribution in [0.25, 0.3) is 10.9 Å². The van der Waals surface area contributed by atoms with Gasteiger partial charge in [0.25, 0.3) is 5.56 Å². The van der Waals surface area contributed by atoms with E-state index in [-0.39, 0.29) is 35.0 Å². The fraction of sp³-hybridized carbons (Fsp3) is 0.300. The van der Waals surface area contributed by atoms with Gasteiger partial charge in [0.05, 0.1) is 22.1 Å². The van der Waals surface area contributed by atoms with Gasteiger partial charge in [0.15, 0.2) is 0 Å². The van der Waals surface area contributed by atoms with Crippen LogP contribution in [0.1, 0.15) is 24.4 Å². The Morgan fingerprint density at radius 3 is 2.55 bits per heavy atom. The predicted molar refractivity (Wildman–Crippen MR) is 109 cm³/mol. The topological polar surface area (TPSA) is 72.3 Å². The van der Waals surface area contributed by atoms with Gasteiger partial charge in [-0.1, -0.05) is 17.7 Å². The molecule has 0 bridgehead atoms. The van der Waals surface area contributed by atoms with Crippen LogP contribution in [0.5, 0.6) is 0 Å². The maximum atomic E-state index is 13.5. The zero-order valence-electron chi connectivity index (χ0n) is 15.7. The molecule has 0 aliphatic carbocycles. The molecule has 1 fully saturated rings. The molecule has 3 aromatic rings. The minimum absolute atomic E-state index is 0.159. The third-order valence-electron chi connectivity index (χ3n) is 5.34. The van der Waals surface area contributed by atoms with Crippen molar-refractivity contribution in [3.63, 3.8) is 0 Å². The summed E-state index contributed by atoms with van der Waals surface area (Å²) in [5.41, 5.74) is 0.925. The average molecular weight is 436 g/mol. The van der Waals surface area contributed by atoms with Crippen LogP contribution in [0.2, 0.25) is 5.02 Å². The minimum Gasteiger partial charge on any atom is -0.296 e. The lowest BCUT2D eigenvalue weighted by Gasteiger charge is -2.32. The summed E-state index contributed by atoms with van der Waals surface area (Å²) in [4.78, 5) is 17.2. The lowest BCUT2D eigenvalue weighted by molar-refractivity contribution is 0.269. The van der Waals surface area contributed by atoms with Crippen molar-refractivity contribution in [2.75, 3.05) is 13.1 Å². The van der Waals surface area contributed by atoms with Crippen molar-refractivity contribution in [2.24, 2.45) is 0 Å². The van der Waals surface area contributed by atoms with E-state index in [0.717, 1.165) is 5.56 Å². The van der Waals surface area contributed by atoms with Crippen LogP contribution in [0, 0.1) is 12.7 Å². The number of piperidine rings is 1. The summed E-state index contributed by atoms with van der Waals surface area (Å²) in [6.45, 7) is 2.35. The summed E-state index contributed by atoms with van der Waals surface area (Å²) in [7, 11) is -3.66. The van der Waals surface area contributed by atoms with Gasteiger partial charge in [-0.15, -0.1) is 0 Å². The smallest absolute Gasteiger partial charge is 0.261 e. The minimum atomic E-state index is -3.66. The van der Waals surface area contributed by atoms with Crippen LogP contribution in [-0.4, -0.2) is 35.4 Å². The fourth-order valence-corrected chi connectivity index (χ4v) is 5.35. The van der Waals surface area contributed by atoms with Gasteiger partial charge in [-0.25, -0.2) is 17.8 Å². The lowest BCUT2D eigenvalue weighted by Crippen LogP contribution is -2.40. The summed E-state index contributed by atoms with van der Waals surface area (Å²) >= 11 is 6.08. The summed E-state index contributed by atoms with van der Waals surface area (Å²) in [6, 6.07) is 8.41. The van der Waals surface area contributed by atoms with Crippen LogP contribution >= 0.6 is 11.6 Å². The van der Waals surface area contributed by atoms with E-state index in [1.807, 2.05) is 6.92 Å². The van der Waals surface area contributed by atoms with Gasteiger partial charge in [-0.05, 0) is 55.7 Å². The zero-order valence-corrected chi connectivity index (χ0v) is 17.3. The Morgan fingerprint density at radius 1 is 1.14 bits per heavy atom. The van der Waals surface area contributed by atoms with Crippen molar-refractivity contribution in [1.29, 1.82) is 0 Å². The molecule has 0 amide bonds. The predicted octanol–water partition coefficient (Wildman–Crippen LogP) is 3.52. The molecule has 0 radical (unpaired) electrons. The van der Waals surface area contributed by atoms with Crippen molar-refractivity contribution < 1.29 is 12.8 Å². The first-order valence-corrected chi connectivity index (χ1v) is 11.0. The molecule has 1 saturated heterocycles. The van der Waals surface area contributed by atoms with Crippen LogP contribution in [0.15, 0.2) is 52.4 Å². The fourth-order valence-electron chi connectivity index (χ4n) is 3.61. The highest BCUT2D eigenvalue weighted by molar-refractivity contribution is 7.89. The van der Waals surface area contributed by atoms with E-state index < -0.39 is 15.8 Å². The number of hydrogen-bond acceptors (Lipinski definition) is 4. The normalized spacial score (nSPS) is 16.4. The molecule has 29 heavy (non-hydrogen) atoms. The summed E-state index contributed by atoms with van der Waals surface area (Å²) < 4.78 is 42.3. The number of aryl methyl sites for hydroxylation is 1. The van der Waals surface area contributed by atoms with Gasteiger partial charge in [0.1, 0.15) is 5.82 Å². The Hall–Kier alpha value is -2.29. The van der Waals surface area contributed by atoms with E-state index in [9.17, 15) is 17.6 Å². The third-order valence-corrected chi connectivity index (χ3v) is 7.64. The summed E-state index contributed by atoms with van der Waals surface area (Å²) in [6.07, 6.45) is 2.37. The van der Waals surface area contributed by atoms with Crippen LogP contribution in [-0.2, 0) is 10.0 Å². The second-order valence-corrected chi connectivity index (χ2v) is 9.51. The van der Waals surface area contributed by atoms with Crippen molar-refractivity contribution in [3.8, 4) is 0 Å². The quantitative estimate of drug-likeness (QED) is 0.631. The Balaban J connectivity index is 1.56. The highest BCUT2D eigenvalue weighted by Crippen LogP contribution is 2.28. The molecule has 1 aromatic heterocycles. The van der Waals surface area contributed by atoms with Crippen molar-refractivity contribution >= 4 is 32.5 Å². The molecule has 2 aromatic carbocycles. The Labute approximate surface area is 172 Å². The second kappa shape index (κ2) is 7.51. The molecule has 9 heteroatoms. The number of fused-ring (bicyclic) bond motifs is 1. The van der Waals surface area contributed by atoms with Gasteiger partial charge in [0, 0.05) is 24.2 Å². The van der Waals surface area contributed by atoms with Gasteiger partial charge >= 0.3 is 0 Å². The van der Waals surface area contributed by atoms with Gasteiger partial charge < -0.3 is 0 Å². The zero-order chi connectivity index (χ0) is 20.8. The molecule has 0 spiro atoms. The van der Waals surface area contributed by atoms with E-state index in [1.165, 1.54) is 39.5 Å². The molecule has 2 heterocycles. The van der Waals surface area contributed by atoms with Crippen molar-refractivity contribution in [1.82, 2.24) is 13.9 Å². The highest BCUT2D eigenvalue weighted by Gasteiger charge is 2.30. The monoisotopic (exact) mass is 435 g/mol. The second-order valence-electron chi connectivity index (χ2n) is 7.16. The molecule has 0 atom stereocenters. The number of nitrogens with zero attached hydrogens (tertiary/aromatic N) is 3. The van der Waals surface area contributed by atoms with Crippen LogP contribution in [0.3, 0.4) is 0 Å². The molecule has 0 N–H and O–H groups in total. The SMILES string of the molecule is Cc1ccc(S(=O)(=O)N2CCC(n3cnc4ccc(F)cc4c3=O)CC2)cc1Cl. The first-order valence-electron chi connectivity index (χ1n) is 9.20. The highest BCUT2D eigenvalue weighted by atomic mass is 35.5.